The standard InChI is InChI=1S/C20H22BrNO3/c1-3-10-25-20(24)17-12(2)22-15-8-5-9-16(23)19(15)18(17)13-6-4-7-14(21)11-13/h4,6-7,11,17-18H,3,5,8-10H2,1-2H3/t17?,18-/m0/s1. The molecule has 5 heteroatoms. The molecule has 0 amide bonds. The molecule has 0 fully saturated rings. The largest absolute Gasteiger partial charge is 0.465 e. The van der Waals surface area contributed by atoms with Crippen LogP contribution in [0, 0.1) is 5.92 Å². The zero-order valence-corrected chi connectivity index (χ0v) is 16.1. The summed E-state index contributed by atoms with van der Waals surface area (Å²) < 4.78 is 6.36. The summed E-state index contributed by atoms with van der Waals surface area (Å²) in [5, 5.41) is 0. The summed E-state index contributed by atoms with van der Waals surface area (Å²) in [6.07, 6.45) is 2.90. The molecule has 2 atom stereocenters. The van der Waals surface area contributed by atoms with Gasteiger partial charge < -0.3 is 4.74 Å². The Labute approximate surface area is 156 Å². The maximum atomic E-state index is 12.8. The molecule has 0 aromatic heterocycles. The Balaban J connectivity index is 2.10. The van der Waals surface area contributed by atoms with E-state index >= 15 is 0 Å². The van der Waals surface area contributed by atoms with E-state index in [1.807, 2.05) is 38.1 Å². The van der Waals surface area contributed by atoms with Crippen molar-refractivity contribution in [3.63, 3.8) is 0 Å². The van der Waals surface area contributed by atoms with Crippen molar-refractivity contribution in [2.45, 2.75) is 45.4 Å². The summed E-state index contributed by atoms with van der Waals surface area (Å²) in [6.45, 7) is 4.21. The molecule has 0 spiro atoms. The molecule has 1 aliphatic heterocycles. The zero-order valence-electron chi connectivity index (χ0n) is 14.5. The first-order chi connectivity index (χ1) is 12.0. The minimum Gasteiger partial charge on any atom is -0.465 e. The molecule has 1 aromatic rings. The predicted molar refractivity (Wildman–Crippen MR) is 101 cm³/mol. The number of benzene rings is 1. The molecule has 1 unspecified atom stereocenters. The van der Waals surface area contributed by atoms with Gasteiger partial charge in [0.05, 0.1) is 6.61 Å². The summed E-state index contributed by atoms with van der Waals surface area (Å²) in [5.74, 6) is -1.04. The lowest BCUT2D eigenvalue weighted by Crippen LogP contribution is -2.37. The van der Waals surface area contributed by atoms with Gasteiger partial charge in [-0.3, -0.25) is 14.6 Å². The summed E-state index contributed by atoms with van der Waals surface area (Å²) in [7, 11) is 0. The van der Waals surface area contributed by atoms with Crippen LogP contribution in [0.3, 0.4) is 0 Å². The number of carbonyl (C=O) groups is 2. The van der Waals surface area contributed by atoms with Gasteiger partial charge in [-0.05, 0) is 43.9 Å². The molecule has 3 rings (SSSR count). The van der Waals surface area contributed by atoms with Crippen molar-refractivity contribution in [1.82, 2.24) is 0 Å². The highest BCUT2D eigenvalue weighted by Crippen LogP contribution is 2.43. The molecule has 0 bridgehead atoms. The van der Waals surface area contributed by atoms with Crippen molar-refractivity contribution in [1.29, 1.82) is 0 Å². The SMILES string of the molecule is CCCOC(=O)C1C(C)=NC2=C(C(=O)CCC2)[C@H]1c1cccc(Br)c1. The fraction of sp³-hybridized carbons (Fsp3) is 0.450. The first-order valence-corrected chi connectivity index (χ1v) is 9.55. The van der Waals surface area contributed by atoms with Crippen LogP contribution in [-0.4, -0.2) is 24.1 Å². The molecule has 0 saturated carbocycles. The zero-order chi connectivity index (χ0) is 18.0. The van der Waals surface area contributed by atoms with E-state index in [1.165, 1.54) is 0 Å². The maximum absolute atomic E-state index is 12.8. The molecule has 2 aliphatic rings. The number of rotatable bonds is 4. The number of ketones is 1. The summed E-state index contributed by atoms with van der Waals surface area (Å²) in [6, 6.07) is 7.83. The van der Waals surface area contributed by atoms with Gasteiger partial charge in [-0.15, -0.1) is 0 Å². The molecule has 4 nitrogen and oxygen atoms in total. The van der Waals surface area contributed by atoms with Gasteiger partial charge in [-0.25, -0.2) is 0 Å². The van der Waals surface area contributed by atoms with Crippen LogP contribution < -0.4 is 0 Å². The van der Waals surface area contributed by atoms with Crippen LogP contribution >= 0.6 is 15.9 Å². The summed E-state index contributed by atoms with van der Waals surface area (Å²) in [4.78, 5) is 30.1. The highest BCUT2D eigenvalue weighted by atomic mass is 79.9. The number of Topliss-reactive ketones (excluding diaryl/α,β-unsaturated/α-hetero) is 1. The molecule has 0 saturated heterocycles. The van der Waals surface area contributed by atoms with E-state index in [2.05, 4.69) is 20.9 Å². The number of halogens is 1. The van der Waals surface area contributed by atoms with Crippen molar-refractivity contribution in [3.8, 4) is 0 Å². The van der Waals surface area contributed by atoms with E-state index in [9.17, 15) is 9.59 Å². The Kier molecular flexibility index (Phi) is 5.52. The number of allylic oxidation sites excluding steroid dienone is 2. The summed E-state index contributed by atoms with van der Waals surface area (Å²) in [5.41, 5.74) is 3.23. The molecule has 0 radical (unpaired) electrons. The number of esters is 1. The third-order valence-electron chi connectivity index (χ3n) is 4.74. The van der Waals surface area contributed by atoms with Gasteiger partial charge in [0.2, 0.25) is 0 Å². The third-order valence-corrected chi connectivity index (χ3v) is 5.24. The van der Waals surface area contributed by atoms with Gasteiger partial charge in [0.15, 0.2) is 5.78 Å². The van der Waals surface area contributed by atoms with Crippen molar-refractivity contribution < 1.29 is 14.3 Å². The van der Waals surface area contributed by atoms with E-state index < -0.39 is 5.92 Å². The Morgan fingerprint density at radius 3 is 2.88 bits per heavy atom. The Hall–Kier alpha value is -1.75. The predicted octanol–water partition coefficient (Wildman–Crippen LogP) is 4.58. The van der Waals surface area contributed by atoms with E-state index in [4.69, 9.17) is 4.74 Å². The highest BCUT2D eigenvalue weighted by Gasteiger charge is 2.43. The lowest BCUT2D eigenvalue weighted by atomic mass is 9.72. The first kappa shape index (κ1) is 18.1. The molecule has 1 heterocycles. The number of ether oxygens (including phenoxy) is 1. The van der Waals surface area contributed by atoms with E-state index in [1.54, 1.807) is 0 Å². The molecular weight excluding hydrogens is 382 g/mol. The number of carbonyl (C=O) groups excluding carboxylic acids is 2. The molecule has 132 valence electrons. The van der Waals surface area contributed by atoms with Crippen LogP contribution in [0.5, 0.6) is 0 Å². The van der Waals surface area contributed by atoms with Gasteiger partial charge in [0.1, 0.15) is 5.92 Å². The minimum absolute atomic E-state index is 0.107. The van der Waals surface area contributed by atoms with Gasteiger partial charge >= 0.3 is 5.97 Å². The topological polar surface area (TPSA) is 55.7 Å². The number of aliphatic imine (C=N–C) groups is 1. The fourth-order valence-electron chi connectivity index (χ4n) is 3.66. The monoisotopic (exact) mass is 403 g/mol. The Morgan fingerprint density at radius 1 is 1.36 bits per heavy atom. The molecule has 0 N–H and O–H groups in total. The van der Waals surface area contributed by atoms with Crippen molar-refractivity contribution >= 4 is 33.4 Å². The smallest absolute Gasteiger partial charge is 0.315 e. The van der Waals surface area contributed by atoms with Crippen molar-refractivity contribution in [3.05, 3.63) is 45.6 Å². The number of hydrogen-bond donors (Lipinski definition) is 0. The second kappa shape index (κ2) is 7.65. The van der Waals surface area contributed by atoms with E-state index in [0.29, 0.717) is 18.6 Å². The Bertz CT molecular complexity index is 766. The van der Waals surface area contributed by atoms with Crippen LogP contribution in [-0.2, 0) is 14.3 Å². The average Bonchev–Trinajstić information content (AvgIpc) is 2.58. The summed E-state index contributed by atoms with van der Waals surface area (Å²) >= 11 is 3.50. The van der Waals surface area contributed by atoms with Crippen LogP contribution in [0.15, 0.2) is 45.0 Å². The van der Waals surface area contributed by atoms with Gasteiger partial charge in [-0.2, -0.15) is 0 Å². The quantitative estimate of drug-likeness (QED) is 0.690. The lowest BCUT2D eigenvalue weighted by Gasteiger charge is -2.34. The molecule has 1 aliphatic carbocycles. The van der Waals surface area contributed by atoms with Crippen LogP contribution in [0.1, 0.15) is 51.0 Å². The van der Waals surface area contributed by atoms with Crippen LogP contribution in [0.2, 0.25) is 0 Å². The van der Waals surface area contributed by atoms with Crippen molar-refractivity contribution in [2.24, 2.45) is 10.9 Å². The second-order valence-electron chi connectivity index (χ2n) is 6.57. The van der Waals surface area contributed by atoms with Crippen molar-refractivity contribution in [2.75, 3.05) is 6.61 Å². The molecule has 25 heavy (non-hydrogen) atoms. The van der Waals surface area contributed by atoms with Gasteiger partial charge in [0, 0.05) is 33.8 Å². The average molecular weight is 404 g/mol. The van der Waals surface area contributed by atoms with Gasteiger partial charge in [-0.1, -0.05) is 35.0 Å². The minimum atomic E-state index is -0.540. The van der Waals surface area contributed by atoms with Crippen LogP contribution in [0.25, 0.3) is 0 Å². The van der Waals surface area contributed by atoms with E-state index in [-0.39, 0.29) is 17.7 Å². The fourth-order valence-corrected chi connectivity index (χ4v) is 4.08. The van der Waals surface area contributed by atoms with Gasteiger partial charge in [0.25, 0.3) is 0 Å². The first-order valence-electron chi connectivity index (χ1n) is 8.76. The Morgan fingerprint density at radius 2 is 2.16 bits per heavy atom. The second-order valence-corrected chi connectivity index (χ2v) is 7.48. The molecular formula is C20H22BrNO3. The maximum Gasteiger partial charge on any atom is 0.315 e. The van der Waals surface area contributed by atoms with E-state index in [0.717, 1.165) is 40.7 Å². The lowest BCUT2D eigenvalue weighted by molar-refractivity contribution is -0.146. The molecule has 1 aromatic carbocycles. The third kappa shape index (κ3) is 3.61. The number of hydrogen-bond acceptors (Lipinski definition) is 4. The normalized spacial score (nSPS) is 23.2. The number of nitrogens with zero attached hydrogens (tertiary/aromatic N) is 1. The highest BCUT2D eigenvalue weighted by molar-refractivity contribution is 9.10. The van der Waals surface area contributed by atoms with Crippen LogP contribution in [0.4, 0.5) is 0 Å².